The van der Waals surface area contributed by atoms with Crippen LogP contribution in [0.2, 0.25) is 0 Å². The molecule has 1 amide bonds. The Labute approximate surface area is 154 Å². The van der Waals surface area contributed by atoms with Gasteiger partial charge in [0.1, 0.15) is 18.1 Å². The minimum Gasteiger partial charge on any atom is -0.467 e. The van der Waals surface area contributed by atoms with E-state index in [0.717, 1.165) is 4.47 Å². The van der Waals surface area contributed by atoms with Crippen LogP contribution in [0, 0.1) is 0 Å². The molecule has 0 unspecified atom stereocenters. The summed E-state index contributed by atoms with van der Waals surface area (Å²) < 4.78 is 51.3. The van der Waals surface area contributed by atoms with Crippen LogP contribution in [0.1, 0.15) is 22.1 Å². The summed E-state index contributed by atoms with van der Waals surface area (Å²) in [7, 11) is 0. The van der Waals surface area contributed by atoms with Crippen molar-refractivity contribution >= 4 is 21.8 Å². The number of nitrogens with zero attached hydrogens (tertiary/aromatic N) is 3. The molecule has 0 aliphatic carbocycles. The molecule has 138 valence electrons. The van der Waals surface area contributed by atoms with Crippen LogP contribution in [0.25, 0.3) is 0 Å². The lowest BCUT2D eigenvalue weighted by Crippen LogP contribution is -2.38. The topological polar surface area (TPSA) is 64.4 Å². The Morgan fingerprint density at radius 3 is 2.69 bits per heavy atom. The van der Waals surface area contributed by atoms with E-state index in [9.17, 15) is 18.0 Å². The lowest BCUT2D eigenvalue weighted by molar-refractivity contribution is -0.142. The zero-order valence-electron chi connectivity index (χ0n) is 13.2. The number of aromatic nitrogens is 2. The summed E-state index contributed by atoms with van der Waals surface area (Å²) in [5.74, 6) is -0.404. The third kappa shape index (κ3) is 4.78. The van der Waals surface area contributed by atoms with E-state index in [0.29, 0.717) is 10.7 Å². The average Bonchev–Trinajstić information content (AvgIpc) is 3.28. The maximum atomic E-state index is 12.8. The number of halogens is 4. The van der Waals surface area contributed by atoms with Gasteiger partial charge in [-0.3, -0.25) is 9.48 Å². The second kappa shape index (κ2) is 7.40. The zero-order valence-corrected chi connectivity index (χ0v) is 14.8. The van der Waals surface area contributed by atoms with Gasteiger partial charge in [0.15, 0.2) is 5.76 Å². The number of amides is 1. The molecule has 0 saturated heterocycles. The van der Waals surface area contributed by atoms with Crippen LogP contribution in [-0.4, -0.2) is 33.3 Å². The number of alkyl halides is 3. The summed E-state index contributed by atoms with van der Waals surface area (Å²) >= 11 is 3.26. The van der Waals surface area contributed by atoms with E-state index in [1.54, 1.807) is 23.1 Å². The molecule has 3 aromatic heterocycles. The quantitative estimate of drug-likeness (QED) is 0.589. The fourth-order valence-corrected chi connectivity index (χ4v) is 2.65. The van der Waals surface area contributed by atoms with Gasteiger partial charge in [0.25, 0.3) is 5.91 Å². The Morgan fingerprint density at radius 2 is 2.08 bits per heavy atom. The Bertz CT molecular complexity index is 871. The Kier molecular flexibility index (Phi) is 5.21. The van der Waals surface area contributed by atoms with E-state index in [4.69, 9.17) is 8.83 Å². The van der Waals surface area contributed by atoms with Crippen LogP contribution in [0.3, 0.4) is 0 Å². The van der Waals surface area contributed by atoms with E-state index in [2.05, 4.69) is 21.0 Å². The van der Waals surface area contributed by atoms with Crippen molar-refractivity contribution in [1.29, 1.82) is 0 Å². The van der Waals surface area contributed by atoms with Gasteiger partial charge >= 0.3 is 6.18 Å². The summed E-state index contributed by atoms with van der Waals surface area (Å²) in [5, 5.41) is 4.05. The van der Waals surface area contributed by atoms with E-state index in [1.807, 2.05) is 0 Å². The number of carbonyl (C=O) groups excluding carboxylic acids is 1. The van der Waals surface area contributed by atoms with Gasteiger partial charge in [0.2, 0.25) is 0 Å². The SMILES string of the molecule is O=C(c1ccc(Cn2cc(Br)cn2)o1)N(Cc1ccco1)CC(F)(F)F. The smallest absolute Gasteiger partial charge is 0.406 e. The Morgan fingerprint density at radius 1 is 1.27 bits per heavy atom. The lowest BCUT2D eigenvalue weighted by Gasteiger charge is -2.22. The van der Waals surface area contributed by atoms with Gasteiger partial charge in [-0.2, -0.15) is 18.3 Å². The number of carbonyl (C=O) groups is 1. The van der Waals surface area contributed by atoms with Crippen molar-refractivity contribution in [3.05, 3.63) is 64.7 Å². The van der Waals surface area contributed by atoms with Crippen LogP contribution < -0.4 is 0 Å². The molecule has 0 bridgehead atoms. The molecular formula is C16H13BrF3N3O3. The molecule has 10 heteroatoms. The highest BCUT2D eigenvalue weighted by Crippen LogP contribution is 2.21. The summed E-state index contributed by atoms with van der Waals surface area (Å²) in [6.45, 7) is -1.47. The highest BCUT2D eigenvalue weighted by Gasteiger charge is 2.34. The van der Waals surface area contributed by atoms with Crippen LogP contribution in [0.5, 0.6) is 0 Å². The standard InChI is InChI=1S/C16H13BrF3N3O3/c17-11-6-21-23(7-11)9-13-3-4-14(26-13)15(24)22(10-16(18,19)20)8-12-2-1-5-25-12/h1-7H,8-10H2. The molecule has 0 aromatic carbocycles. The van der Waals surface area contributed by atoms with Crippen molar-refractivity contribution in [2.45, 2.75) is 19.3 Å². The van der Waals surface area contributed by atoms with E-state index in [1.165, 1.54) is 24.5 Å². The number of hydrogen-bond donors (Lipinski definition) is 0. The molecule has 0 atom stereocenters. The fraction of sp³-hybridized carbons (Fsp3) is 0.250. The van der Waals surface area contributed by atoms with Crippen LogP contribution in [0.15, 0.2) is 56.2 Å². The lowest BCUT2D eigenvalue weighted by atomic mass is 10.3. The van der Waals surface area contributed by atoms with Gasteiger partial charge in [-0.15, -0.1) is 0 Å². The molecule has 0 aliphatic rings. The minimum absolute atomic E-state index is 0.179. The van der Waals surface area contributed by atoms with E-state index >= 15 is 0 Å². The summed E-state index contributed by atoms with van der Waals surface area (Å²) in [5.41, 5.74) is 0. The third-order valence-electron chi connectivity index (χ3n) is 3.38. The van der Waals surface area contributed by atoms with Gasteiger partial charge in [-0.05, 0) is 40.2 Å². The third-order valence-corrected chi connectivity index (χ3v) is 3.79. The van der Waals surface area contributed by atoms with E-state index in [-0.39, 0.29) is 24.6 Å². The second-order valence-corrected chi connectivity index (χ2v) is 6.39. The first-order valence-corrected chi connectivity index (χ1v) is 8.24. The molecular weight excluding hydrogens is 419 g/mol. The fourth-order valence-electron chi connectivity index (χ4n) is 2.32. The van der Waals surface area contributed by atoms with Gasteiger partial charge in [-0.1, -0.05) is 0 Å². The largest absolute Gasteiger partial charge is 0.467 e. The van der Waals surface area contributed by atoms with Gasteiger partial charge in [-0.25, -0.2) is 0 Å². The maximum absolute atomic E-state index is 12.8. The molecule has 0 aliphatic heterocycles. The first-order valence-electron chi connectivity index (χ1n) is 7.45. The zero-order chi connectivity index (χ0) is 18.7. The monoisotopic (exact) mass is 431 g/mol. The van der Waals surface area contributed by atoms with Crippen LogP contribution in [-0.2, 0) is 13.1 Å². The Balaban J connectivity index is 1.75. The molecule has 3 aromatic rings. The predicted molar refractivity (Wildman–Crippen MR) is 87.2 cm³/mol. The van der Waals surface area contributed by atoms with Gasteiger partial charge < -0.3 is 13.7 Å². The van der Waals surface area contributed by atoms with Crippen LogP contribution in [0.4, 0.5) is 13.2 Å². The first kappa shape index (κ1) is 18.3. The average molecular weight is 432 g/mol. The number of rotatable bonds is 6. The van der Waals surface area contributed by atoms with Crippen molar-refractivity contribution in [1.82, 2.24) is 14.7 Å². The van der Waals surface area contributed by atoms with Crippen molar-refractivity contribution in [2.75, 3.05) is 6.54 Å². The molecule has 6 nitrogen and oxygen atoms in total. The molecule has 3 heterocycles. The normalized spacial score (nSPS) is 11.7. The van der Waals surface area contributed by atoms with Crippen molar-refractivity contribution in [3.63, 3.8) is 0 Å². The minimum atomic E-state index is -4.54. The van der Waals surface area contributed by atoms with Crippen LogP contribution >= 0.6 is 15.9 Å². The predicted octanol–water partition coefficient (Wildman–Crippen LogP) is 4.08. The summed E-state index contributed by atoms with van der Waals surface area (Å²) in [4.78, 5) is 13.1. The molecule has 26 heavy (non-hydrogen) atoms. The molecule has 0 fully saturated rings. The van der Waals surface area contributed by atoms with Gasteiger partial charge in [0, 0.05) is 6.20 Å². The van der Waals surface area contributed by atoms with Crippen molar-refractivity contribution in [2.24, 2.45) is 0 Å². The summed E-state index contributed by atoms with van der Waals surface area (Å²) in [6.07, 6.45) is 0.0815. The van der Waals surface area contributed by atoms with Crippen molar-refractivity contribution in [3.8, 4) is 0 Å². The molecule has 0 saturated carbocycles. The maximum Gasteiger partial charge on any atom is 0.406 e. The number of furan rings is 2. The summed E-state index contributed by atoms with van der Waals surface area (Å²) in [6, 6.07) is 5.92. The second-order valence-electron chi connectivity index (χ2n) is 5.48. The Hall–Kier alpha value is -2.49. The highest BCUT2D eigenvalue weighted by molar-refractivity contribution is 9.10. The molecule has 0 N–H and O–H groups in total. The van der Waals surface area contributed by atoms with Gasteiger partial charge in [0.05, 0.1) is 30.0 Å². The van der Waals surface area contributed by atoms with Crippen molar-refractivity contribution < 1.29 is 26.8 Å². The first-order chi connectivity index (χ1) is 12.3. The number of hydrogen-bond acceptors (Lipinski definition) is 4. The molecule has 0 radical (unpaired) electrons. The highest BCUT2D eigenvalue weighted by atomic mass is 79.9. The molecule has 3 rings (SSSR count). The molecule has 0 spiro atoms. The van der Waals surface area contributed by atoms with E-state index < -0.39 is 18.6 Å².